The zero-order chi connectivity index (χ0) is 20.6. The number of phenolic OH excluding ortho intramolecular Hbond substituents is 1. The van der Waals surface area contributed by atoms with E-state index in [2.05, 4.69) is 5.32 Å². The molecule has 29 heavy (non-hydrogen) atoms. The molecule has 4 rings (SSSR count). The number of phenols is 1. The first-order chi connectivity index (χ1) is 13.8. The first-order valence-corrected chi connectivity index (χ1v) is 10.5. The Morgan fingerprint density at radius 1 is 1.14 bits per heavy atom. The number of likely N-dealkylation sites (tertiary alicyclic amines) is 1. The second-order valence-corrected chi connectivity index (χ2v) is 8.58. The SMILES string of the molecule is CC(=O)N1CCC2(CC1)N=C(c1ccc(Cl)cc1)CC(c1cc(Cl)ccc1O)N2. The zero-order valence-corrected chi connectivity index (χ0v) is 17.7. The molecular weight excluding hydrogens is 409 g/mol. The van der Waals surface area contributed by atoms with Gasteiger partial charge in [-0.05, 0) is 35.9 Å². The van der Waals surface area contributed by atoms with Gasteiger partial charge in [-0.1, -0.05) is 35.3 Å². The lowest BCUT2D eigenvalue weighted by molar-refractivity contribution is -0.130. The number of halogens is 2. The maximum atomic E-state index is 11.8. The van der Waals surface area contributed by atoms with Gasteiger partial charge in [-0.3, -0.25) is 15.1 Å². The van der Waals surface area contributed by atoms with Gasteiger partial charge < -0.3 is 10.0 Å². The van der Waals surface area contributed by atoms with Crippen molar-refractivity contribution in [3.8, 4) is 5.75 Å². The van der Waals surface area contributed by atoms with E-state index >= 15 is 0 Å². The summed E-state index contributed by atoms with van der Waals surface area (Å²) in [5.41, 5.74) is 2.24. The van der Waals surface area contributed by atoms with Crippen molar-refractivity contribution >= 4 is 34.8 Å². The molecule has 1 unspecified atom stereocenters. The molecule has 0 saturated carbocycles. The van der Waals surface area contributed by atoms with Crippen LogP contribution in [0.2, 0.25) is 10.0 Å². The minimum Gasteiger partial charge on any atom is -0.508 e. The van der Waals surface area contributed by atoms with Crippen LogP contribution < -0.4 is 5.32 Å². The number of piperidine rings is 1. The maximum absolute atomic E-state index is 11.8. The number of hydrogen-bond acceptors (Lipinski definition) is 4. The van der Waals surface area contributed by atoms with Crippen molar-refractivity contribution in [2.75, 3.05) is 13.1 Å². The molecule has 2 heterocycles. The third-order valence-corrected chi connectivity index (χ3v) is 6.25. The summed E-state index contributed by atoms with van der Waals surface area (Å²) in [5, 5.41) is 15.4. The molecule has 2 aromatic rings. The van der Waals surface area contributed by atoms with E-state index in [0.29, 0.717) is 42.4 Å². The Kier molecular flexibility index (Phi) is 5.56. The van der Waals surface area contributed by atoms with E-state index in [-0.39, 0.29) is 17.7 Å². The van der Waals surface area contributed by atoms with Crippen LogP contribution in [0, 0.1) is 0 Å². The second-order valence-electron chi connectivity index (χ2n) is 7.71. The highest BCUT2D eigenvalue weighted by atomic mass is 35.5. The standard InChI is InChI=1S/C22H23Cl2N3O2/c1-14(28)27-10-8-22(9-11-27)25-19(15-2-4-16(23)5-3-15)13-20(26-22)18-12-17(24)6-7-21(18)29/h2-7,12,20,26,29H,8-11,13H2,1H3. The lowest BCUT2D eigenvalue weighted by Crippen LogP contribution is -2.56. The van der Waals surface area contributed by atoms with Gasteiger partial charge >= 0.3 is 0 Å². The van der Waals surface area contributed by atoms with Crippen LogP contribution in [-0.2, 0) is 4.79 Å². The van der Waals surface area contributed by atoms with E-state index in [1.807, 2.05) is 29.2 Å². The van der Waals surface area contributed by atoms with Crippen molar-refractivity contribution < 1.29 is 9.90 Å². The molecule has 0 radical (unpaired) electrons. The lowest BCUT2D eigenvalue weighted by Gasteiger charge is -2.45. The van der Waals surface area contributed by atoms with Gasteiger partial charge in [0.05, 0.1) is 0 Å². The molecule has 1 atom stereocenters. The second kappa shape index (κ2) is 7.98. The van der Waals surface area contributed by atoms with Gasteiger partial charge in [0.25, 0.3) is 0 Å². The topological polar surface area (TPSA) is 64.9 Å². The van der Waals surface area contributed by atoms with E-state index in [1.165, 1.54) is 0 Å². The molecule has 1 fully saturated rings. The lowest BCUT2D eigenvalue weighted by atomic mass is 9.87. The van der Waals surface area contributed by atoms with E-state index in [0.717, 1.165) is 16.8 Å². The monoisotopic (exact) mass is 431 g/mol. The Balaban J connectivity index is 1.71. The number of rotatable bonds is 2. The minimum atomic E-state index is -0.488. The first-order valence-electron chi connectivity index (χ1n) is 9.71. The molecule has 2 aromatic carbocycles. The van der Waals surface area contributed by atoms with Gasteiger partial charge in [0.2, 0.25) is 5.91 Å². The van der Waals surface area contributed by atoms with E-state index in [1.54, 1.807) is 25.1 Å². The Morgan fingerprint density at radius 2 is 1.79 bits per heavy atom. The molecular formula is C22H23Cl2N3O2. The number of benzene rings is 2. The van der Waals surface area contributed by atoms with Crippen molar-refractivity contribution in [3.63, 3.8) is 0 Å². The number of nitrogens with zero attached hydrogens (tertiary/aromatic N) is 2. The van der Waals surface area contributed by atoms with Crippen LogP contribution >= 0.6 is 23.2 Å². The predicted octanol–water partition coefficient (Wildman–Crippen LogP) is 4.56. The van der Waals surface area contributed by atoms with Crippen LogP contribution in [-0.4, -0.2) is 40.4 Å². The molecule has 7 heteroatoms. The van der Waals surface area contributed by atoms with Crippen LogP contribution in [0.4, 0.5) is 0 Å². The first kappa shape index (κ1) is 20.2. The van der Waals surface area contributed by atoms with Gasteiger partial charge in [-0.15, -0.1) is 0 Å². The van der Waals surface area contributed by atoms with E-state index in [9.17, 15) is 9.90 Å². The largest absolute Gasteiger partial charge is 0.508 e. The smallest absolute Gasteiger partial charge is 0.219 e. The number of carbonyl (C=O) groups is 1. The summed E-state index contributed by atoms with van der Waals surface area (Å²) in [4.78, 5) is 18.7. The summed E-state index contributed by atoms with van der Waals surface area (Å²) < 4.78 is 0. The minimum absolute atomic E-state index is 0.0848. The molecule has 5 nitrogen and oxygen atoms in total. The van der Waals surface area contributed by atoms with Crippen LogP contribution in [0.25, 0.3) is 0 Å². The summed E-state index contributed by atoms with van der Waals surface area (Å²) in [6, 6.07) is 12.6. The maximum Gasteiger partial charge on any atom is 0.219 e. The fourth-order valence-corrected chi connectivity index (χ4v) is 4.48. The van der Waals surface area contributed by atoms with Gasteiger partial charge in [0.15, 0.2) is 0 Å². The summed E-state index contributed by atoms with van der Waals surface area (Å²) in [6.45, 7) is 2.89. The van der Waals surface area contributed by atoms with Crippen molar-refractivity contribution in [1.29, 1.82) is 0 Å². The molecule has 2 aliphatic rings. The molecule has 1 amide bonds. The highest BCUT2D eigenvalue weighted by Gasteiger charge is 2.41. The molecule has 0 aliphatic carbocycles. The summed E-state index contributed by atoms with van der Waals surface area (Å²) >= 11 is 12.3. The van der Waals surface area contributed by atoms with Crippen molar-refractivity contribution in [2.45, 2.75) is 37.9 Å². The number of aromatic hydroxyl groups is 1. The average Bonchev–Trinajstić information content (AvgIpc) is 2.70. The summed E-state index contributed by atoms with van der Waals surface area (Å²) in [6.07, 6.45) is 2.04. The van der Waals surface area contributed by atoms with Crippen molar-refractivity contribution in [3.05, 3.63) is 63.6 Å². The number of nitrogens with one attached hydrogen (secondary N) is 1. The van der Waals surface area contributed by atoms with Crippen LogP contribution in [0.3, 0.4) is 0 Å². The average molecular weight is 432 g/mol. The summed E-state index contributed by atoms with van der Waals surface area (Å²) in [5.74, 6) is 0.294. The number of amides is 1. The van der Waals surface area contributed by atoms with Crippen LogP contribution in [0.5, 0.6) is 5.75 Å². The molecule has 2 N–H and O–H groups in total. The quantitative estimate of drug-likeness (QED) is 0.731. The predicted molar refractivity (Wildman–Crippen MR) is 116 cm³/mol. The van der Waals surface area contributed by atoms with Gasteiger partial charge in [-0.2, -0.15) is 0 Å². The third-order valence-electron chi connectivity index (χ3n) is 5.77. The molecule has 152 valence electrons. The Bertz CT molecular complexity index is 951. The number of hydrogen-bond donors (Lipinski definition) is 2. The Hall–Kier alpha value is -2.08. The number of aliphatic imine (C=N–C) groups is 1. The van der Waals surface area contributed by atoms with Gasteiger partial charge in [-0.25, -0.2) is 0 Å². The fourth-order valence-electron chi connectivity index (χ4n) is 4.17. The Labute approximate surface area is 180 Å². The van der Waals surface area contributed by atoms with E-state index in [4.69, 9.17) is 28.2 Å². The molecule has 2 aliphatic heterocycles. The number of carbonyl (C=O) groups excluding carboxylic acids is 1. The van der Waals surface area contributed by atoms with Crippen molar-refractivity contribution in [2.24, 2.45) is 4.99 Å². The molecule has 0 bridgehead atoms. The molecule has 0 aromatic heterocycles. The van der Waals surface area contributed by atoms with Crippen LogP contribution in [0.1, 0.15) is 43.4 Å². The highest BCUT2D eigenvalue weighted by Crippen LogP contribution is 2.38. The highest BCUT2D eigenvalue weighted by molar-refractivity contribution is 6.31. The van der Waals surface area contributed by atoms with Crippen LogP contribution in [0.15, 0.2) is 47.5 Å². The third kappa shape index (κ3) is 4.27. The van der Waals surface area contributed by atoms with Crippen molar-refractivity contribution in [1.82, 2.24) is 10.2 Å². The van der Waals surface area contributed by atoms with Gasteiger partial charge in [0, 0.05) is 66.6 Å². The molecule has 1 spiro atoms. The van der Waals surface area contributed by atoms with E-state index < -0.39 is 5.66 Å². The Morgan fingerprint density at radius 3 is 2.45 bits per heavy atom. The van der Waals surface area contributed by atoms with Gasteiger partial charge in [0.1, 0.15) is 11.4 Å². The fraction of sp³-hybridized carbons (Fsp3) is 0.364. The zero-order valence-electron chi connectivity index (χ0n) is 16.2. The molecule has 1 saturated heterocycles. The summed E-state index contributed by atoms with van der Waals surface area (Å²) in [7, 11) is 0. The normalized spacial score (nSPS) is 21.1.